The third-order valence-corrected chi connectivity index (χ3v) is 2.68. The first-order chi connectivity index (χ1) is 8.17. The number of nitrogens with one attached hydrogen (secondary N) is 1. The standard InChI is InChI=1S/C13H13NO3/c1-3-8-5-4-6-9(7-8)14-10-11(15)12(16)13(10)17-2/h4-7,14H,3H2,1-2H3. The van der Waals surface area contributed by atoms with Crippen molar-refractivity contribution in [2.75, 3.05) is 12.4 Å². The minimum absolute atomic E-state index is 0.108. The van der Waals surface area contributed by atoms with Gasteiger partial charge in [-0.1, -0.05) is 19.1 Å². The molecule has 2 aromatic carbocycles. The summed E-state index contributed by atoms with van der Waals surface area (Å²) in [4.78, 5) is 22.5. The molecule has 0 radical (unpaired) electrons. The van der Waals surface area contributed by atoms with Crippen molar-refractivity contribution in [1.29, 1.82) is 0 Å². The van der Waals surface area contributed by atoms with Gasteiger partial charge in [0.2, 0.25) is 0 Å². The molecule has 0 heterocycles. The zero-order valence-electron chi connectivity index (χ0n) is 9.74. The average molecular weight is 231 g/mol. The second-order valence-corrected chi connectivity index (χ2v) is 3.75. The van der Waals surface area contributed by atoms with E-state index in [1.807, 2.05) is 24.3 Å². The van der Waals surface area contributed by atoms with Gasteiger partial charge in [-0.05, 0) is 24.1 Å². The Balaban J connectivity index is 2.29. The number of aryl methyl sites for hydroxylation is 1. The normalized spacial score (nSPS) is 10.5. The molecule has 0 spiro atoms. The summed E-state index contributed by atoms with van der Waals surface area (Å²) in [6.07, 6.45) is 0.915. The minimum Gasteiger partial charge on any atom is -0.491 e. The Kier molecular flexibility index (Phi) is 2.95. The molecule has 4 heteroatoms. The van der Waals surface area contributed by atoms with Gasteiger partial charge in [-0.2, -0.15) is 0 Å². The predicted octanol–water partition coefficient (Wildman–Crippen LogP) is 1.60. The largest absolute Gasteiger partial charge is 0.491 e. The zero-order valence-corrected chi connectivity index (χ0v) is 9.74. The Morgan fingerprint density at radius 2 is 2.00 bits per heavy atom. The van der Waals surface area contributed by atoms with E-state index >= 15 is 0 Å². The number of methoxy groups -OCH3 is 1. The summed E-state index contributed by atoms with van der Waals surface area (Å²) in [5, 5.41) is 2.92. The maximum Gasteiger partial charge on any atom is 0.272 e. The SMILES string of the molecule is CCc1cccc(Nc2c(OC)c(=O)c2=O)c1. The van der Waals surface area contributed by atoms with E-state index < -0.39 is 10.9 Å². The molecule has 88 valence electrons. The molecule has 4 nitrogen and oxygen atoms in total. The molecule has 2 rings (SSSR count). The number of ether oxygens (including phenoxy) is 1. The van der Waals surface area contributed by atoms with Crippen molar-refractivity contribution in [1.82, 2.24) is 0 Å². The average Bonchev–Trinajstić information content (AvgIpc) is 2.38. The van der Waals surface area contributed by atoms with Crippen LogP contribution < -0.4 is 20.9 Å². The Hall–Kier alpha value is -2.10. The highest BCUT2D eigenvalue weighted by atomic mass is 16.5. The molecule has 0 unspecified atom stereocenters. The van der Waals surface area contributed by atoms with Crippen LogP contribution in [0.4, 0.5) is 11.4 Å². The summed E-state index contributed by atoms with van der Waals surface area (Å²) in [5.74, 6) is 0.108. The smallest absolute Gasteiger partial charge is 0.272 e. The first-order valence-electron chi connectivity index (χ1n) is 5.40. The van der Waals surface area contributed by atoms with Gasteiger partial charge in [0, 0.05) is 5.69 Å². The van der Waals surface area contributed by atoms with E-state index in [0.717, 1.165) is 17.7 Å². The van der Waals surface area contributed by atoms with Crippen LogP contribution >= 0.6 is 0 Å². The van der Waals surface area contributed by atoms with Gasteiger partial charge in [-0.3, -0.25) is 9.59 Å². The lowest BCUT2D eigenvalue weighted by atomic mass is 10.1. The van der Waals surface area contributed by atoms with Gasteiger partial charge in [0.25, 0.3) is 10.9 Å². The van der Waals surface area contributed by atoms with Gasteiger partial charge in [0.05, 0.1) is 7.11 Å². The lowest BCUT2D eigenvalue weighted by Gasteiger charge is -2.12. The quantitative estimate of drug-likeness (QED) is 0.812. The summed E-state index contributed by atoms with van der Waals surface area (Å²) in [6.45, 7) is 2.05. The van der Waals surface area contributed by atoms with Crippen molar-refractivity contribution in [3.8, 4) is 5.75 Å². The van der Waals surface area contributed by atoms with Crippen LogP contribution in [0.3, 0.4) is 0 Å². The molecule has 2 aromatic rings. The van der Waals surface area contributed by atoms with E-state index in [9.17, 15) is 9.59 Å². The van der Waals surface area contributed by atoms with Crippen LogP contribution in [0.1, 0.15) is 12.5 Å². The van der Waals surface area contributed by atoms with Gasteiger partial charge >= 0.3 is 0 Å². The molecular formula is C13H13NO3. The fraction of sp³-hybridized carbons (Fsp3) is 0.231. The van der Waals surface area contributed by atoms with Crippen molar-refractivity contribution in [2.45, 2.75) is 13.3 Å². The van der Waals surface area contributed by atoms with Gasteiger partial charge in [-0.25, -0.2) is 0 Å². The first-order valence-corrected chi connectivity index (χ1v) is 5.40. The van der Waals surface area contributed by atoms with Crippen LogP contribution in [0.2, 0.25) is 0 Å². The van der Waals surface area contributed by atoms with Crippen LogP contribution in [0.25, 0.3) is 0 Å². The van der Waals surface area contributed by atoms with E-state index in [4.69, 9.17) is 4.74 Å². The number of hydrogen-bond donors (Lipinski definition) is 1. The molecule has 0 aliphatic heterocycles. The van der Waals surface area contributed by atoms with Crippen LogP contribution in [0.5, 0.6) is 5.75 Å². The molecule has 0 bridgehead atoms. The molecule has 0 atom stereocenters. The second kappa shape index (κ2) is 4.41. The topological polar surface area (TPSA) is 55.4 Å². The van der Waals surface area contributed by atoms with Crippen LogP contribution in [-0.4, -0.2) is 7.11 Å². The molecule has 0 aromatic heterocycles. The minimum atomic E-state index is -0.568. The lowest BCUT2D eigenvalue weighted by Crippen LogP contribution is -2.34. The molecule has 0 fully saturated rings. The van der Waals surface area contributed by atoms with Gasteiger partial charge < -0.3 is 10.1 Å². The summed E-state index contributed by atoms with van der Waals surface area (Å²) < 4.78 is 4.86. The molecule has 0 amide bonds. The molecule has 17 heavy (non-hydrogen) atoms. The second-order valence-electron chi connectivity index (χ2n) is 3.75. The first kappa shape index (κ1) is 11.4. The van der Waals surface area contributed by atoms with E-state index in [2.05, 4.69) is 12.2 Å². The summed E-state index contributed by atoms with van der Waals surface area (Å²) in [6, 6.07) is 7.69. The predicted molar refractivity (Wildman–Crippen MR) is 67.0 cm³/mol. The number of anilines is 2. The maximum atomic E-state index is 11.3. The van der Waals surface area contributed by atoms with E-state index in [1.54, 1.807) is 0 Å². The Morgan fingerprint density at radius 3 is 2.65 bits per heavy atom. The van der Waals surface area contributed by atoms with E-state index in [-0.39, 0.29) is 11.4 Å². The maximum absolute atomic E-state index is 11.3. The lowest BCUT2D eigenvalue weighted by molar-refractivity contribution is 0.408. The van der Waals surface area contributed by atoms with Gasteiger partial charge in [-0.15, -0.1) is 0 Å². The third kappa shape index (κ3) is 1.93. The van der Waals surface area contributed by atoms with Gasteiger partial charge in [0.15, 0.2) is 5.75 Å². The number of benzene rings is 1. The molecule has 0 saturated heterocycles. The molecule has 0 aliphatic carbocycles. The highest BCUT2D eigenvalue weighted by molar-refractivity contribution is 5.70. The fourth-order valence-electron chi connectivity index (χ4n) is 1.69. The Bertz CT molecular complexity index is 609. The van der Waals surface area contributed by atoms with Crippen molar-refractivity contribution >= 4 is 11.4 Å². The van der Waals surface area contributed by atoms with Crippen LogP contribution in [-0.2, 0) is 6.42 Å². The van der Waals surface area contributed by atoms with Crippen molar-refractivity contribution in [3.63, 3.8) is 0 Å². The molecule has 0 saturated carbocycles. The number of rotatable bonds is 4. The van der Waals surface area contributed by atoms with Gasteiger partial charge in [0.1, 0.15) is 5.69 Å². The van der Waals surface area contributed by atoms with Crippen molar-refractivity contribution in [3.05, 3.63) is 50.3 Å². The van der Waals surface area contributed by atoms with Crippen molar-refractivity contribution in [2.24, 2.45) is 0 Å². The highest BCUT2D eigenvalue weighted by Gasteiger charge is 2.21. The number of hydrogen-bond acceptors (Lipinski definition) is 4. The van der Waals surface area contributed by atoms with E-state index in [0.29, 0.717) is 0 Å². The monoisotopic (exact) mass is 231 g/mol. The summed E-state index contributed by atoms with van der Waals surface area (Å²) >= 11 is 0. The van der Waals surface area contributed by atoms with Crippen LogP contribution in [0, 0.1) is 0 Å². The third-order valence-electron chi connectivity index (χ3n) is 2.68. The fourth-order valence-corrected chi connectivity index (χ4v) is 1.69. The Morgan fingerprint density at radius 1 is 1.24 bits per heavy atom. The Labute approximate surface area is 98.5 Å². The summed E-state index contributed by atoms with van der Waals surface area (Å²) in [5.41, 5.74) is 1.10. The summed E-state index contributed by atoms with van der Waals surface area (Å²) in [7, 11) is 1.38. The zero-order chi connectivity index (χ0) is 12.4. The van der Waals surface area contributed by atoms with Crippen LogP contribution in [0.15, 0.2) is 33.9 Å². The van der Waals surface area contributed by atoms with Crippen molar-refractivity contribution < 1.29 is 4.74 Å². The van der Waals surface area contributed by atoms with E-state index in [1.165, 1.54) is 7.11 Å². The molecule has 0 aliphatic rings. The molecular weight excluding hydrogens is 218 g/mol. The molecule has 1 N–H and O–H groups in total. The highest BCUT2D eigenvalue weighted by Crippen LogP contribution is 2.22.